The van der Waals surface area contributed by atoms with Gasteiger partial charge in [-0.3, -0.25) is 0 Å². The summed E-state index contributed by atoms with van der Waals surface area (Å²) in [5.74, 6) is 0. The van der Waals surface area contributed by atoms with Crippen molar-refractivity contribution in [2.45, 2.75) is 25.3 Å². The standard InChI is InChI=1S/C12H15N3O/c1-12(4-7-16-8-5-12)15-10-3-2-6-14-11(10)9-13/h2-3,6,15H,4-5,7-8H2,1H3. The van der Waals surface area contributed by atoms with Crippen LogP contribution < -0.4 is 5.32 Å². The fourth-order valence-electron chi connectivity index (χ4n) is 1.87. The SMILES string of the molecule is CC1(Nc2cccnc2C#N)CCOCC1. The van der Waals surface area contributed by atoms with E-state index in [0.29, 0.717) is 5.69 Å². The van der Waals surface area contributed by atoms with E-state index in [2.05, 4.69) is 23.3 Å². The second kappa shape index (κ2) is 4.50. The Labute approximate surface area is 95.3 Å². The van der Waals surface area contributed by atoms with Crippen molar-refractivity contribution in [3.63, 3.8) is 0 Å². The van der Waals surface area contributed by atoms with Crippen molar-refractivity contribution < 1.29 is 4.74 Å². The molecule has 0 atom stereocenters. The van der Waals surface area contributed by atoms with Crippen LogP contribution in [0.1, 0.15) is 25.5 Å². The van der Waals surface area contributed by atoms with Gasteiger partial charge in [-0.2, -0.15) is 5.26 Å². The molecule has 0 spiro atoms. The molecule has 4 heteroatoms. The predicted octanol–water partition coefficient (Wildman–Crippen LogP) is 1.93. The van der Waals surface area contributed by atoms with Crippen molar-refractivity contribution in [2.75, 3.05) is 18.5 Å². The molecule has 4 nitrogen and oxygen atoms in total. The zero-order valence-corrected chi connectivity index (χ0v) is 9.36. The number of aromatic nitrogens is 1. The van der Waals surface area contributed by atoms with Gasteiger partial charge in [-0.15, -0.1) is 0 Å². The number of nitriles is 1. The third kappa shape index (κ3) is 2.31. The van der Waals surface area contributed by atoms with Crippen molar-refractivity contribution in [2.24, 2.45) is 0 Å². The summed E-state index contributed by atoms with van der Waals surface area (Å²) < 4.78 is 5.34. The maximum Gasteiger partial charge on any atom is 0.163 e. The van der Waals surface area contributed by atoms with Gasteiger partial charge in [-0.05, 0) is 31.9 Å². The highest BCUT2D eigenvalue weighted by molar-refractivity contribution is 5.54. The molecule has 1 aromatic heterocycles. The van der Waals surface area contributed by atoms with E-state index in [-0.39, 0.29) is 5.54 Å². The van der Waals surface area contributed by atoms with Crippen molar-refractivity contribution in [3.8, 4) is 6.07 Å². The van der Waals surface area contributed by atoms with Crippen molar-refractivity contribution in [3.05, 3.63) is 24.0 Å². The molecular formula is C12H15N3O. The molecule has 1 saturated heterocycles. The Morgan fingerprint density at radius 2 is 2.25 bits per heavy atom. The van der Waals surface area contributed by atoms with Gasteiger partial charge in [0.25, 0.3) is 0 Å². The van der Waals surface area contributed by atoms with Gasteiger partial charge in [0.15, 0.2) is 5.69 Å². The fraction of sp³-hybridized carbons (Fsp3) is 0.500. The largest absolute Gasteiger partial charge is 0.381 e. The molecule has 1 fully saturated rings. The minimum Gasteiger partial charge on any atom is -0.381 e. The average molecular weight is 217 g/mol. The van der Waals surface area contributed by atoms with Gasteiger partial charge >= 0.3 is 0 Å². The number of hydrogen-bond donors (Lipinski definition) is 1. The van der Waals surface area contributed by atoms with Crippen LogP contribution in [0.2, 0.25) is 0 Å². The minimum absolute atomic E-state index is 0.00683. The van der Waals surface area contributed by atoms with Crippen molar-refractivity contribution >= 4 is 5.69 Å². The molecule has 16 heavy (non-hydrogen) atoms. The number of hydrogen-bond acceptors (Lipinski definition) is 4. The first-order valence-electron chi connectivity index (χ1n) is 5.45. The van der Waals surface area contributed by atoms with E-state index in [9.17, 15) is 0 Å². The van der Waals surface area contributed by atoms with Crippen LogP contribution in [0.5, 0.6) is 0 Å². The van der Waals surface area contributed by atoms with E-state index >= 15 is 0 Å². The van der Waals surface area contributed by atoms with Crippen LogP contribution in [0, 0.1) is 11.3 Å². The summed E-state index contributed by atoms with van der Waals surface area (Å²) in [6, 6.07) is 5.83. The molecule has 1 aromatic rings. The normalized spacial score (nSPS) is 18.8. The first kappa shape index (κ1) is 10.9. The van der Waals surface area contributed by atoms with Gasteiger partial charge < -0.3 is 10.1 Å². The molecule has 1 N–H and O–H groups in total. The topological polar surface area (TPSA) is 57.9 Å². The maximum atomic E-state index is 8.95. The van der Waals surface area contributed by atoms with Crippen LogP contribution in [0.25, 0.3) is 0 Å². The van der Waals surface area contributed by atoms with Crippen molar-refractivity contribution in [1.82, 2.24) is 4.98 Å². The van der Waals surface area contributed by atoms with Gasteiger partial charge in [-0.1, -0.05) is 0 Å². The summed E-state index contributed by atoms with van der Waals surface area (Å²) in [7, 11) is 0. The fourth-order valence-corrected chi connectivity index (χ4v) is 1.87. The molecule has 1 aliphatic rings. The lowest BCUT2D eigenvalue weighted by Crippen LogP contribution is -2.40. The van der Waals surface area contributed by atoms with Crippen LogP contribution in [0.4, 0.5) is 5.69 Å². The molecule has 0 aliphatic carbocycles. The van der Waals surface area contributed by atoms with E-state index < -0.39 is 0 Å². The monoisotopic (exact) mass is 217 g/mol. The first-order chi connectivity index (χ1) is 7.73. The van der Waals surface area contributed by atoms with Crippen molar-refractivity contribution in [1.29, 1.82) is 5.26 Å². The molecule has 0 amide bonds. The highest BCUT2D eigenvalue weighted by Gasteiger charge is 2.27. The molecule has 2 rings (SSSR count). The second-order valence-electron chi connectivity index (χ2n) is 4.31. The number of nitrogens with one attached hydrogen (secondary N) is 1. The average Bonchev–Trinajstić information content (AvgIpc) is 2.30. The zero-order chi connectivity index (χ0) is 11.4. The first-order valence-corrected chi connectivity index (χ1v) is 5.45. The molecule has 0 saturated carbocycles. The number of rotatable bonds is 2. The summed E-state index contributed by atoms with van der Waals surface area (Å²) in [5, 5.41) is 12.4. The lowest BCUT2D eigenvalue weighted by molar-refractivity contribution is 0.0658. The summed E-state index contributed by atoms with van der Waals surface area (Å²) in [4.78, 5) is 4.04. The van der Waals surface area contributed by atoms with Gasteiger partial charge in [-0.25, -0.2) is 4.98 Å². The smallest absolute Gasteiger partial charge is 0.163 e. The number of anilines is 1. The third-order valence-electron chi connectivity index (χ3n) is 2.95. The van der Waals surface area contributed by atoms with E-state index in [1.54, 1.807) is 6.20 Å². The quantitative estimate of drug-likeness (QED) is 0.822. The molecule has 0 radical (unpaired) electrons. The van der Waals surface area contributed by atoms with E-state index in [0.717, 1.165) is 31.7 Å². The summed E-state index contributed by atoms with van der Waals surface area (Å²) in [6.07, 6.45) is 3.54. The Morgan fingerprint density at radius 3 is 2.94 bits per heavy atom. The Balaban J connectivity index is 2.16. The highest BCUT2D eigenvalue weighted by Crippen LogP contribution is 2.26. The molecule has 0 bridgehead atoms. The van der Waals surface area contributed by atoms with E-state index in [4.69, 9.17) is 10.00 Å². The molecule has 84 valence electrons. The Morgan fingerprint density at radius 1 is 1.50 bits per heavy atom. The highest BCUT2D eigenvalue weighted by atomic mass is 16.5. The lowest BCUT2D eigenvalue weighted by atomic mass is 9.92. The molecular weight excluding hydrogens is 202 g/mol. The zero-order valence-electron chi connectivity index (χ0n) is 9.36. The third-order valence-corrected chi connectivity index (χ3v) is 2.95. The van der Waals surface area contributed by atoms with E-state index in [1.165, 1.54) is 0 Å². The molecule has 1 aliphatic heterocycles. The van der Waals surface area contributed by atoms with Gasteiger partial charge in [0, 0.05) is 24.9 Å². The number of pyridine rings is 1. The summed E-state index contributed by atoms with van der Waals surface area (Å²) >= 11 is 0. The Hall–Kier alpha value is -1.60. The van der Waals surface area contributed by atoms with Crippen LogP contribution >= 0.6 is 0 Å². The maximum absolute atomic E-state index is 8.95. The molecule has 2 heterocycles. The van der Waals surface area contributed by atoms with Crippen LogP contribution in [-0.4, -0.2) is 23.7 Å². The van der Waals surface area contributed by atoms with Crippen LogP contribution in [-0.2, 0) is 4.74 Å². The molecule has 0 aromatic carbocycles. The van der Waals surface area contributed by atoms with Gasteiger partial charge in [0.05, 0.1) is 5.69 Å². The Bertz CT molecular complexity index is 405. The van der Waals surface area contributed by atoms with Crippen LogP contribution in [0.3, 0.4) is 0 Å². The Kier molecular flexibility index (Phi) is 3.07. The van der Waals surface area contributed by atoms with Gasteiger partial charge in [0.1, 0.15) is 6.07 Å². The number of ether oxygens (including phenoxy) is 1. The number of nitrogens with zero attached hydrogens (tertiary/aromatic N) is 2. The molecule has 0 unspecified atom stereocenters. The summed E-state index contributed by atoms with van der Waals surface area (Å²) in [6.45, 7) is 3.70. The van der Waals surface area contributed by atoms with Gasteiger partial charge in [0.2, 0.25) is 0 Å². The lowest BCUT2D eigenvalue weighted by Gasteiger charge is -2.35. The summed E-state index contributed by atoms with van der Waals surface area (Å²) in [5.41, 5.74) is 1.27. The van der Waals surface area contributed by atoms with Crippen LogP contribution in [0.15, 0.2) is 18.3 Å². The predicted molar refractivity (Wildman–Crippen MR) is 61.0 cm³/mol. The van der Waals surface area contributed by atoms with E-state index in [1.807, 2.05) is 12.1 Å². The minimum atomic E-state index is 0.00683. The second-order valence-corrected chi connectivity index (χ2v) is 4.31.